The van der Waals surface area contributed by atoms with Crippen LogP contribution in [0, 0.1) is 0 Å². The summed E-state index contributed by atoms with van der Waals surface area (Å²) in [5, 5.41) is 5.49. The van der Waals surface area contributed by atoms with Crippen molar-refractivity contribution in [2.75, 3.05) is 5.32 Å². The topological polar surface area (TPSA) is 71.1 Å². The quantitative estimate of drug-likeness (QED) is 0.825. The molecule has 0 saturated heterocycles. The van der Waals surface area contributed by atoms with Crippen molar-refractivity contribution in [3.63, 3.8) is 0 Å². The molecular weight excluding hydrogens is 266 g/mol. The second-order valence-electron chi connectivity index (χ2n) is 4.27. The number of rotatable bonds is 5. The second kappa shape index (κ2) is 7.00. The molecule has 0 saturated carbocycles. The Hall–Kier alpha value is -2.95. The summed E-state index contributed by atoms with van der Waals surface area (Å²) in [4.78, 5) is 27.2. The summed E-state index contributed by atoms with van der Waals surface area (Å²) in [6.45, 7) is 3.72. The molecule has 0 unspecified atom stereocenters. The summed E-state index contributed by atoms with van der Waals surface area (Å²) >= 11 is 0. The Morgan fingerprint density at radius 2 is 2.00 bits per heavy atom. The first-order valence-electron chi connectivity index (χ1n) is 6.40. The monoisotopic (exact) mass is 281 g/mol. The number of anilines is 1. The van der Waals surface area contributed by atoms with Crippen LogP contribution < -0.4 is 10.6 Å². The van der Waals surface area contributed by atoms with Crippen LogP contribution in [0.5, 0.6) is 0 Å². The molecule has 1 heterocycles. The van der Waals surface area contributed by atoms with Crippen molar-refractivity contribution >= 4 is 17.5 Å². The summed E-state index contributed by atoms with van der Waals surface area (Å²) in [6.07, 6.45) is 4.31. The van der Waals surface area contributed by atoms with Gasteiger partial charge in [0.15, 0.2) is 0 Å². The van der Waals surface area contributed by atoms with Crippen LogP contribution in [0.25, 0.3) is 0 Å². The number of nitrogens with zero attached hydrogens (tertiary/aromatic N) is 1. The van der Waals surface area contributed by atoms with Gasteiger partial charge in [-0.25, -0.2) is 0 Å². The van der Waals surface area contributed by atoms with Crippen LogP contribution in [-0.2, 0) is 11.3 Å². The van der Waals surface area contributed by atoms with Gasteiger partial charge >= 0.3 is 0 Å². The van der Waals surface area contributed by atoms with Gasteiger partial charge in [0.1, 0.15) is 0 Å². The molecule has 0 bridgehead atoms. The van der Waals surface area contributed by atoms with E-state index in [9.17, 15) is 9.59 Å². The molecule has 21 heavy (non-hydrogen) atoms. The van der Waals surface area contributed by atoms with Crippen molar-refractivity contribution in [3.8, 4) is 0 Å². The Kier molecular flexibility index (Phi) is 4.82. The highest BCUT2D eigenvalue weighted by atomic mass is 16.2. The molecule has 2 N–H and O–H groups in total. The van der Waals surface area contributed by atoms with Crippen LogP contribution in [0.15, 0.2) is 61.4 Å². The molecule has 0 spiro atoms. The predicted octanol–water partition coefficient (Wildman–Crippen LogP) is 2.14. The van der Waals surface area contributed by atoms with Gasteiger partial charge in [0.05, 0.1) is 5.56 Å². The summed E-state index contributed by atoms with van der Waals surface area (Å²) < 4.78 is 0. The van der Waals surface area contributed by atoms with Gasteiger partial charge in [-0.1, -0.05) is 24.8 Å². The number of carbonyl (C=O) groups is 2. The number of carbonyl (C=O) groups excluding carboxylic acids is 2. The number of para-hydroxylation sites is 1. The molecule has 0 radical (unpaired) electrons. The fourth-order valence-electron chi connectivity index (χ4n) is 1.75. The molecule has 0 atom stereocenters. The zero-order chi connectivity index (χ0) is 15.1. The number of aromatic nitrogens is 1. The molecule has 5 nitrogen and oxygen atoms in total. The van der Waals surface area contributed by atoms with Crippen molar-refractivity contribution in [1.29, 1.82) is 0 Å². The predicted molar refractivity (Wildman–Crippen MR) is 80.7 cm³/mol. The zero-order valence-corrected chi connectivity index (χ0v) is 11.4. The summed E-state index contributed by atoms with van der Waals surface area (Å²) in [6, 6.07) is 10.6. The van der Waals surface area contributed by atoms with E-state index in [2.05, 4.69) is 22.2 Å². The third-order valence-electron chi connectivity index (χ3n) is 2.82. The molecule has 106 valence electrons. The van der Waals surface area contributed by atoms with Gasteiger partial charge in [-0.3, -0.25) is 14.6 Å². The maximum atomic E-state index is 12.0. The number of hydrogen-bond acceptors (Lipinski definition) is 3. The third-order valence-corrected chi connectivity index (χ3v) is 2.82. The minimum atomic E-state index is -0.291. The lowest BCUT2D eigenvalue weighted by molar-refractivity contribution is -0.111. The standard InChI is InChI=1S/C16H15N3O2/c1-2-15(20)19-14-8-4-3-6-12(14)11-18-16(21)13-7-5-9-17-10-13/h2-10H,1,11H2,(H,18,21)(H,19,20). The lowest BCUT2D eigenvalue weighted by Gasteiger charge is -2.11. The van der Waals surface area contributed by atoms with Crippen molar-refractivity contribution in [1.82, 2.24) is 10.3 Å². The van der Waals surface area contributed by atoms with E-state index in [4.69, 9.17) is 0 Å². The van der Waals surface area contributed by atoms with Crippen LogP contribution in [0.1, 0.15) is 15.9 Å². The van der Waals surface area contributed by atoms with E-state index >= 15 is 0 Å². The van der Waals surface area contributed by atoms with Gasteiger partial charge in [-0.05, 0) is 29.8 Å². The Labute approximate surface area is 122 Å². The minimum Gasteiger partial charge on any atom is -0.348 e. The molecule has 2 aromatic rings. The SMILES string of the molecule is C=CC(=O)Nc1ccccc1CNC(=O)c1cccnc1. The van der Waals surface area contributed by atoms with Crippen LogP contribution in [0.3, 0.4) is 0 Å². The molecule has 2 amide bonds. The highest BCUT2D eigenvalue weighted by Crippen LogP contribution is 2.15. The first kappa shape index (κ1) is 14.5. The highest BCUT2D eigenvalue weighted by molar-refractivity contribution is 5.99. The molecule has 0 aliphatic rings. The minimum absolute atomic E-state index is 0.215. The van der Waals surface area contributed by atoms with Gasteiger partial charge < -0.3 is 10.6 Å². The molecule has 0 fully saturated rings. The van der Waals surface area contributed by atoms with E-state index in [-0.39, 0.29) is 11.8 Å². The van der Waals surface area contributed by atoms with Gasteiger partial charge in [0, 0.05) is 24.6 Å². The van der Waals surface area contributed by atoms with E-state index in [1.54, 1.807) is 24.4 Å². The van der Waals surface area contributed by atoms with Crippen LogP contribution >= 0.6 is 0 Å². The Balaban J connectivity index is 2.05. The maximum Gasteiger partial charge on any atom is 0.253 e. The Bertz CT molecular complexity index is 654. The van der Waals surface area contributed by atoms with Gasteiger partial charge in [-0.2, -0.15) is 0 Å². The molecule has 1 aromatic carbocycles. The zero-order valence-electron chi connectivity index (χ0n) is 11.4. The molecule has 2 rings (SSSR count). The maximum absolute atomic E-state index is 12.0. The highest BCUT2D eigenvalue weighted by Gasteiger charge is 2.07. The first-order valence-corrected chi connectivity index (χ1v) is 6.40. The molecular formula is C16H15N3O2. The number of amides is 2. The van der Waals surface area contributed by atoms with Crippen LogP contribution in [-0.4, -0.2) is 16.8 Å². The third kappa shape index (κ3) is 4.01. The number of pyridine rings is 1. The fourth-order valence-corrected chi connectivity index (χ4v) is 1.75. The summed E-state index contributed by atoms with van der Waals surface area (Å²) in [5.41, 5.74) is 1.95. The normalized spacial score (nSPS) is 9.71. The molecule has 0 aliphatic heterocycles. The van der Waals surface area contributed by atoms with Crippen LogP contribution in [0.2, 0.25) is 0 Å². The van der Waals surface area contributed by atoms with Crippen molar-refractivity contribution in [3.05, 3.63) is 72.6 Å². The largest absolute Gasteiger partial charge is 0.348 e. The fraction of sp³-hybridized carbons (Fsp3) is 0.0625. The Morgan fingerprint density at radius 3 is 2.71 bits per heavy atom. The lowest BCUT2D eigenvalue weighted by atomic mass is 10.1. The van der Waals surface area contributed by atoms with Gasteiger partial charge in [0.25, 0.3) is 5.91 Å². The summed E-state index contributed by atoms with van der Waals surface area (Å²) in [7, 11) is 0. The van der Waals surface area contributed by atoms with Gasteiger partial charge in [0.2, 0.25) is 5.91 Å². The molecule has 5 heteroatoms. The van der Waals surface area contributed by atoms with E-state index < -0.39 is 0 Å². The van der Waals surface area contributed by atoms with E-state index in [1.165, 1.54) is 12.3 Å². The van der Waals surface area contributed by atoms with E-state index in [0.29, 0.717) is 17.8 Å². The molecule has 0 aliphatic carbocycles. The smallest absolute Gasteiger partial charge is 0.253 e. The van der Waals surface area contributed by atoms with E-state index in [1.807, 2.05) is 18.2 Å². The average molecular weight is 281 g/mol. The van der Waals surface area contributed by atoms with Gasteiger partial charge in [-0.15, -0.1) is 0 Å². The number of benzene rings is 1. The average Bonchev–Trinajstić information content (AvgIpc) is 2.54. The summed E-state index contributed by atoms with van der Waals surface area (Å²) in [5.74, 6) is -0.506. The lowest BCUT2D eigenvalue weighted by Crippen LogP contribution is -2.23. The number of nitrogens with one attached hydrogen (secondary N) is 2. The van der Waals surface area contributed by atoms with Crippen molar-refractivity contribution < 1.29 is 9.59 Å². The first-order chi connectivity index (χ1) is 10.2. The second-order valence-corrected chi connectivity index (χ2v) is 4.27. The van der Waals surface area contributed by atoms with Crippen LogP contribution in [0.4, 0.5) is 5.69 Å². The number of hydrogen-bond donors (Lipinski definition) is 2. The molecule has 1 aromatic heterocycles. The van der Waals surface area contributed by atoms with E-state index in [0.717, 1.165) is 5.56 Å². The van der Waals surface area contributed by atoms with Crippen molar-refractivity contribution in [2.24, 2.45) is 0 Å². The Morgan fingerprint density at radius 1 is 1.19 bits per heavy atom. The van der Waals surface area contributed by atoms with Crippen molar-refractivity contribution in [2.45, 2.75) is 6.54 Å².